The fourth-order valence-electron chi connectivity index (χ4n) is 3.41. The number of amides is 3. The van der Waals surface area contributed by atoms with E-state index < -0.39 is 35.6 Å². The topological polar surface area (TPSA) is 118 Å². The van der Waals surface area contributed by atoms with Gasteiger partial charge in [0.05, 0.1) is 24.8 Å². The maximum Gasteiger partial charge on any atom is 0.414 e. The molecule has 3 amide bonds. The number of halogens is 1. The molecular formula is C18H23FN4O6. The van der Waals surface area contributed by atoms with Gasteiger partial charge >= 0.3 is 12.0 Å². The van der Waals surface area contributed by atoms with Crippen LogP contribution in [0.2, 0.25) is 0 Å². The summed E-state index contributed by atoms with van der Waals surface area (Å²) in [6, 6.07) is 4.35. The van der Waals surface area contributed by atoms with Gasteiger partial charge in [-0.25, -0.2) is 14.0 Å². The molecule has 11 heteroatoms. The number of hydrogen-bond acceptors (Lipinski definition) is 7. The van der Waals surface area contributed by atoms with Crippen LogP contribution in [-0.2, 0) is 14.3 Å². The number of anilines is 2. The maximum absolute atomic E-state index is 14.7. The summed E-state index contributed by atoms with van der Waals surface area (Å²) >= 11 is 0. The molecule has 2 N–H and O–H groups in total. The third-order valence-electron chi connectivity index (χ3n) is 5.03. The zero-order valence-electron chi connectivity index (χ0n) is 16.0. The van der Waals surface area contributed by atoms with Crippen molar-refractivity contribution in [3.63, 3.8) is 0 Å². The van der Waals surface area contributed by atoms with E-state index in [-0.39, 0.29) is 19.0 Å². The molecule has 0 radical (unpaired) electrons. The van der Waals surface area contributed by atoms with Crippen molar-refractivity contribution in [3.8, 4) is 0 Å². The molecule has 2 saturated heterocycles. The number of cyclic esters (lactones) is 1. The molecular weight excluding hydrogens is 387 g/mol. The van der Waals surface area contributed by atoms with E-state index in [2.05, 4.69) is 0 Å². The number of ether oxygens (including phenoxy) is 1. The van der Waals surface area contributed by atoms with Gasteiger partial charge in [0.1, 0.15) is 19.0 Å². The summed E-state index contributed by atoms with van der Waals surface area (Å²) in [5.74, 6) is -1.48. The van der Waals surface area contributed by atoms with Gasteiger partial charge in [-0.3, -0.25) is 9.69 Å². The minimum absolute atomic E-state index is 0.0542. The highest BCUT2D eigenvalue weighted by Crippen LogP contribution is 2.28. The highest BCUT2D eigenvalue weighted by atomic mass is 19.1. The molecule has 2 aliphatic heterocycles. The summed E-state index contributed by atoms with van der Waals surface area (Å²) in [7, 11) is 0. The van der Waals surface area contributed by atoms with Gasteiger partial charge in [-0.05, 0) is 18.2 Å². The number of hydrogen-bond donors (Lipinski definition) is 2. The number of carbonyl (C=O) groups excluding carboxylic acids is 3. The normalized spacial score (nSPS) is 20.6. The Kier molecular flexibility index (Phi) is 6.30. The maximum atomic E-state index is 14.7. The van der Waals surface area contributed by atoms with Crippen molar-refractivity contribution in [3.05, 3.63) is 29.2 Å². The average Bonchev–Trinajstić information content (AvgIpc) is 3.07. The largest absolute Gasteiger partial charge is 0.627 e. The van der Waals surface area contributed by atoms with Crippen molar-refractivity contribution in [1.29, 1.82) is 0 Å². The molecule has 158 valence electrons. The molecule has 2 atom stereocenters. The van der Waals surface area contributed by atoms with E-state index in [4.69, 9.17) is 9.84 Å². The second-order valence-corrected chi connectivity index (χ2v) is 6.96. The lowest BCUT2D eigenvalue weighted by molar-refractivity contribution is -0.768. The predicted octanol–water partition coefficient (Wildman–Crippen LogP) is -1.28. The Morgan fingerprint density at radius 1 is 1.31 bits per heavy atom. The van der Waals surface area contributed by atoms with Crippen LogP contribution in [0.3, 0.4) is 0 Å². The highest BCUT2D eigenvalue weighted by Gasteiger charge is 2.35. The fourth-order valence-corrected chi connectivity index (χ4v) is 3.41. The predicted molar refractivity (Wildman–Crippen MR) is 99.8 cm³/mol. The van der Waals surface area contributed by atoms with E-state index in [9.17, 15) is 24.0 Å². The third kappa shape index (κ3) is 4.63. The van der Waals surface area contributed by atoms with Gasteiger partial charge in [0, 0.05) is 26.2 Å². The monoisotopic (exact) mass is 410 g/mol. The summed E-state index contributed by atoms with van der Waals surface area (Å²) in [5.41, 5.74) is 0.642. The molecule has 0 aliphatic carbocycles. The van der Waals surface area contributed by atoms with Crippen LogP contribution in [0.5, 0.6) is 0 Å². The lowest BCUT2D eigenvalue weighted by Gasteiger charge is -2.36. The second-order valence-electron chi connectivity index (χ2n) is 6.96. The van der Waals surface area contributed by atoms with Crippen molar-refractivity contribution in [2.24, 2.45) is 0 Å². The minimum Gasteiger partial charge on any atom is -0.627 e. The first-order valence-corrected chi connectivity index (χ1v) is 9.25. The van der Waals surface area contributed by atoms with Gasteiger partial charge in [0.15, 0.2) is 6.10 Å². The Bertz CT molecular complexity index is 799. The van der Waals surface area contributed by atoms with Crippen LogP contribution in [0.25, 0.3) is 0 Å². The summed E-state index contributed by atoms with van der Waals surface area (Å²) in [4.78, 5) is 39.2. The Morgan fingerprint density at radius 3 is 2.59 bits per heavy atom. The van der Waals surface area contributed by atoms with Gasteiger partial charge in [0.2, 0.25) is 5.91 Å². The van der Waals surface area contributed by atoms with E-state index in [1.807, 2.05) is 0 Å². The van der Waals surface area contributed by atoms with Crippen molar-refractivity contribution >= 4 is 29.3 Å². The van der Waals surface area contributed by atoms with Gasteiger partial charge in [0.25, 0.3) is 0 Å². The van der Waals surface area contributed by atoms with Crippen molar-refractivity contribution < 1.29 is 33.7 Å². The zero-order chi connectivity index (χ0) is 21.1. The van der Waals surface area contributed by atoms with E-state index >= 15 is 0 Å². The molecule has 3 rings (SSSR count). The number of benzene rings is 1. The van der Waals surface area contributed by atoms with Crippen LogP contribution in [-0.4, -0.2) is 79.9 Å². The second kappa shape index (κ2) is 8.72. The van der Waals surface area contributed by atoms with Crippen LogP contribution >= 0.6 is 0 Å². The van der Waals surface area contributed by atoms with E-state index in [1.54, 1.807) is 17.0 Å². The number of piperazine rings is 1. The number of aliphatic hydroxyl groups excluding tert-OH is 1. The number of quaternary nitrogens is 1. The van der Waals surface area contributed by atoms with Crippen LogP contribution in [0.4, 0.5) is 20.6 Å². The van der Waals surface area contributed by atoms with Gasteiger partial charge < -0.3 is 29.9 Å². The number of nitrogens with one attached hydrogen (secondary N) is 1. The first-order chi connectivity index (χ1) is 13.8. The summed E-state index contributed by atoms with van der Waals surface area (Å²) < 4.78 is 19.8. The molecule has 2 aliphatic rings. The molecule has 0 bridgehead atoms. The lowest BCUT2D eigenvalue weighted by atomic mass is 10.2. The van der Waals surface area contributed by atoms with Gasteiger partial charge in [-0.2, -0.15) is 0 Å². The molecule has 1 unspecified atom stereocenters. The first-order valence-electron chi connectivity index (χ1n) is 9.25. The van der Waals surface area contributed by atoms with Crippen molar-refractivity contribution in [1.82, 2.24) is 4.90 Å². The Balaban J connectivity index is 1.65. The summed E-state index contributed by atoms with van der Waals surface area (Å²) in [5, 5.41) is 19.8. The molecule has 0 aromatic heterocycles. The molecule has 1 aromatic carbocycles. The number of rotatable bonds is 5. The number of nitrogens with zero attached hydrogens (tertiary/aromatic N) is 3. The standard InChI is InChI=1S/C18H23FN4O6/c1-12(25)23(28)10-14-9-22(18(27)29-14)13-2-3-16(15(19)8-13)20-4-6-21(7-5-20)17(26)11-24/h2-3,8,14,23-24H,4-7,9-11H2,1H3/t14-/m0/s1. The Labute approximate surface area is 166 Å². The first kappa shape index (κ1) is 21.0. The summed E-state index contributed by atoms with van der Waals surface area (Å²) in [6.45, 7) is 2.06. The molecule has 10 nitrogen and oxygen atoms in total. The van der Waals surface area contributed by atoms with E-state index in [0.717, 1.165) is 6.92 Å². The molecule has 2 fully saturated rings. The van der Waals surface area contributed by atoms with Crippen LogP contribution in [0.1, 0.15) is 6.92 Å². The Morgan fingerprint density at radius 2 is 2.00 bits per heavy atom. The molecule has 2 heterocycles. The quantitative estimate of drug-likeness (QED) is 0.581. The average molecular weight is 410 g/mol. The molecule has 29 heavy (non-hydrogen) atoms. The number of hydroxylamine groups is 2. The molecule has 0 spiro atoms. The van der Waals surface area contributed by atoms with E-state index in [1.165, 1.54) is 15.9 Å². The molecule has 0 saturated carbocycles. The van der Waals surface area contributed by atoms with Crippen molar-refractivity contribution in [2.45, 2.75) is 13.0 Å². The molecule has 1 aromatic rings. The van der Waals surface area contributed by atoms with Crippen LogP contribution < -0.4 is 14.9 Å². The highest BCUT2D eigenvalue weighted by molar-refractivity contribution is 5.90. The third-order valence-corrected chi connectivity index (χ3v) is 5.03. The fraction of sp³-hybridized carbons (Fsp3) is 0.500. The van der Waals surface area contributed by atoms with Crippen LogP contribution in [0, 0.1) is 11.0 Å². The van der Waals surface area contributed by atoms with Gasteiger partial charge in [-0.1, -0.05) is 0 Å². The minimum atomic E-state index is -0.751. The Hall–Kier alpha value is -2.76. The van der Waals surface area contributed by atoms with Crippen molar-refractivity contribution in [2.75, 3.05) is 55.7 Å². The smallest absolute Gasteiger partial charge is 0.414 e. The SMILES string of the molecule is CC(=O)[NH+]([O-])C[C@@H]1CN(c2ccc(N3CCN(C(=O)CO)CC3)c(F)c2)C(=O)O1. The zero-order valence-corrected chi connectivity index (χ0v) is 16.0. The summed E-state index contributed by atoms with van der Waals surface area (Å²) in [6.07, 6.45) is -1.45. The van der Waals surface area contributed by atoms with Gasteiger partial charge in [-0.15, -0.1) is 0 Å². The number of aliphatic hydroxyl groups is 1. The van der Waals surface area contributed by atoms with E-state index in [0.29, 0.717) is 37.6 Å². The van der Waals surface area contributed by atoms with Crippen LogP contribution in [0.15, 0.2) is 18.2 Å². The lowest BCUT2D eigenvalue weighted by Crippen LogP contribution is -3.10. The number of carbonyl (C=O) groups is 3.